The van der Waals surface area contributed by atoms with E-state index in [0.717, 1.165) is 38.5 Å². The summed E-state index contributed by atoms with van der Waals surface area (Å²) in [5.41, 5.74) is -1.75. The average Bonchev–Trinajstić information content (AvgIpc) is 2.58. The first kappa shape index (κ1) is 21.4. The van der Waals surface area contributed by atoms with E-state index in [2.05, 4.69) is 0 Å². The van der Waals surface area contributed by atoms with Gasteiger partial charge in [0.25, 0.3) is 10.1 Å². The molecule has 0 saturated heterocycles. The van der Waals surface area contributed by atoms with Gasteiger partial charge >= 0.3 is 10.1 Å². The molecular weight excluding hydrogens is 420 g/mol. The van der Waals surface area contributed by atoms with E-state index >= 15 is 0 Å². The quantitative estimate of drug-likeness (QED) is 0.373. The van der Waals surface area contributed by atoms with Crippen LogP contribution in [0.2, 0.25) is 0 Å². The van der Waals surface area contributed by atoms with E-state index < -0.39 is 64.2 Å². The van der Waals surface area contributed by atoms with E-state index in [1.165, 1.54) is 0 Å². The SMILES string of the molecule is COc1cc(O)c(C(=O)c2ccc(OC)c(S(=O)(=O)O)c2O)c(S(=O)(=O)O)c1. The number of aromatic hydroxyl groups is 2. The zero-order valence-electron chi connectivity index (χ0n) is 14.3. The second kappa shape index (κ2) is 7.27. The summed E-state index contributed by atoms with van der Waals surface area (Å²) in [5.74, 6) is -4.24. The van der Waals surface area contributed by atoms with Crippen LogP contribution in [0.5, 0.6) is 23.0 Å². The van der Waals surface area contributed by atoms with Crippen molar-refractivity contribution in [2.45, 2.75) is 9.79 Å². The number of phenolic OH excluding ortho intramolecular Hbond substituents is 2. The molecule has 0 radical (unpaired) electrons. The first-order valence-corrected chi connectivity index (χ1v) is 10.0. The molecule has 0 heterocycles. The first-order valence-electron chi connectivity index (χ1n) is 7.13. The topological polar surface area (TPSA) is 185 Å². The molecule has 0 aliphatic carbocycles. The predicted molar refractivity (Wildman–Crippen MR) is 92.4 cm³/mol. The van der Waals surface area contributed by atoms with Gasteiger partial charge in [0.2, 0.25) is 5.78 Å². The number of rotatable bonds is 6. The summed E-state index contributed by atoms with van der Waals surface area (Å²) >= 11 is 0. The van der Waals surface area contributed by atoms with Gasteiger partial charge < -0.3 is 19.7 Å². The van der Waals surface area contributed by atoms with Gasteiger partial charge in [-0.1, -0.05) is 0 Å². The van der Waals surface area contributed by atoms with Crippen LogP contribution in [0.15, 0.2) is 34.1 Å². The van der Waals surface area contributed by atoms with Gasteiger partial charge in [0.05, 0.1) is 25.3 Å². The molecule has 0 bridgehead atoms. The Balaban J connectivity index is 2.86. The van der Waals surface area contributed by atoms with E-state index in [1.54, 1.807) is 0 Å². The maximum Gasteiger partial charge on any atom is 0.301 e. The molecule has 0 unspecified atom stereocenters. The number of ether oxygens (including phenoxy) is 2. The van der Waals surface area contributed by atoms with Crippen LogP contribution >= 0.6 is 0 Å². The molecule has 0 amide bonds. The number of benzene rings is 2. The number of carbonyl (C=O) groups excluding carboxylic acids is 1. The van der Waals surface area contributed by atoms with Crippen LogP contribution in [0.25, 0.3) is 0 Å². The normalized spacial score (nSPS) is 11.9. The molecule has 0 aromatic heterocycles. The number of phenols is 2. The van der Waals surface area contributed by atoms with Crippen LogP contribution in [-0.2, 0) is 20.2 Å². The van der Waals surface area contributed by atoms with Crippen LogP contribution < -0.4 is 9.47 Å². The smallest absolute Gasteiger partial charge is 0.301 e. The molecule has 4 N–H and O–H groups in total. The van der Waals surface area contributed by atoms with Crippen molar-refractivity contribution in [2.75, 3.05) is 14.2 Å². The molecule has 28 heavy (non-hydrogen) atoms. The second-order valence-corrected chi connectivity index (χ2v) is 8.04. The van der Waals surface area contributed by atoms with Crippen molar-refractivity contribution in [1.82, 2.24) is 0 Å². The highest BCUT2D eigenvalue weighted by Crippen LogP contribution is 2.39. The Kier molecular flexibility index (Phi) is 5.57. The molecule has 0 spiro atoms. The molecule has 0 atom stereocenters. The molecule has 2 aromatic carbocycles. The van der Waals surface area contributed by atoms with Crippen LogP contribution in [0.1, 0.15) is 15.9 Å². The third-order valence-corrected chi connectivity index (χ3v) is 5.40. The van der Waals surface area contributed by atoms with E-state index in [-0.39, 0.29) is 5.75 Å². The third-order valence-electron chi connectivity index (χ3n) is 3.61. The minimum absolute atomic E-state index is 0.209. The average molecular weight is 434 g/mol. The Morgan fingerprint density at radius 1 is 0.929 bits per heavy atom. The summed E-state index contributed by atoms with van der Waals surface area (Å²) in [5, 5.41) is 20.3. The van der Waals surface area contributed by atoms with Crippen molar-refractivity contribution < 1.29 is 50.4 Å². The lowest BCUT2D eigenvalue weighted by atomic mass is 10.0. The zero-order chi connectivity index (χ0) is 21.4. The number of hydrogen-bond acceptors (Lipinski definition) is 9. The number of methoxy groups -OCH3 is 2. The summed E-state index contributed by atoms with van der Waals surface area (Å²) in [6.45, 7) is 0. The summed E-state index contributed by atoms with van der Waals surface area (Å²) < 4.78 is 74.5. The van der Waals surface area contributed by atoms with Crippen LogP contribution in [0.4, 0.5) is 0 Å². The monoisotopic (exact) mass is 434 g/mol. The standard InChI is InChI=1S/C15H14O11S2/c1-25-7-5-9(16)12(11(6-7)27(19,20)21)13(17)8-3-4-10(26-2)15(14(8)18)28(22,23)24/h3-6,16,18H,1-2H3,(H,19,20,21)(H,22,23,24). The lowest BCUT2D eigenvalue weighted by molar-refractivity contribution is 0.102. The van der Waals surface area contributed by atoms with Crippen molar-refractivity contribution in [3.63, 3.8) is 0 Å². The van der Waals surface area contributed by atoms with Gasteiger partial charge in [-0.3, -0.25) is 13.9 Å². The van der Waals surface area contributed by atoms with Gasteiger partial charge in [-0.15, -0.1) is 0 Å². The predicted octanol–water partition coefficient (Wildman–Crippen LogP) is 0.839. The van der Waals surface area contributed by atoms with Gasteiger partial charge in [0, 0.05) is 12.1 Å². The molecule has 0 aliphatic rings. The van der Waals surface area contributed by atoms with Gasteiger partial charge in [0.15, 0.2) is 10.6 Å². The minimum atomic E-state index is -5.05. The van der Waals surface area contributed by atoms with Crippen molar-refractivity contribution >= 4 is 26.0 Å². The van der Waals surface area contributed by atoms with E-state index in [1.807, 2.05) is 0 Å². The van der Waals surface area contributed by atoms with Gasteiger partial charge in [0.1, 0.15) is 22.1 Å². The maximum absolute atomic E-state index is 12.8. The largest absolute Gasteiger partial charge is 0.507 e. The Labute approximate surface area is 159 Å². The minimum Gasteiger partial charge on any atom is -0.507 e. The second-order valence-electron chi connectivity index (χ2n) is 5.29. The number of hydrogen-bond donors (Lipinski definition) is 4. The highest BCUT2D eigenvalue weighted by Gasteiger charge is 2.32. The zero-order valence-corrected chi connectivity index (χ0v) is 15.9. The Morgan fingerprint density at radius 2 is 1.54 bits per heavy atom. The fraction of sp³-hybridized carbons (Fsp3) is 0.133. The molecule has 2 aromatic rings. The molecule has 13 heteroatoms. The molecule has 0 saturated carbocycles. The summed E-state index contributed by atoms with van der Waals surface area (Å²) in [7, 11) is -7.92. The van der Waals surface area contributed by atoms with Crippen LogP contribution in [0.3, 0.4) is 0 Å². The van der Waals surface area contributed by atoms with Gasteiger partial charge in [-0.05, 0) is 12.1 Å². The van der Waals surface area contributed by atoms with Crippen LogP contribution in [0, 0.1) is 0 Å². The molecule has 152 valence electrons. The summed E-state index contributed by atoms with van der Waals surface area (Å²) in [6.07, 6.45) is 0. The Morgan fingerprint density at radius 3 is 2.00 bits per heavy atom. The molecule has 0 fully saturated rings. The fourth-order valence-corrected chi connectivity index (χ4v) is 3.89. The molecule has 11 nitrogen and oxygen atoms in total. The van der Waals surface area contributed by atoms with Crippen molar-refractivity contribution in [3.8, 4) is 23.0 Å². The summed E-state index contributed by atoms with van der Waals surface area (Å²) in [4.78, 5) is 10.6. The number of ketones is 1. The lowest BCUT2D eigenvalue weighted by Gasteiger charge is -2.14. The fourth-order valence-electron chi connectivity index (χ4n) is 2.41. The Bertz CT molecular complexity index is 1160. The maximum atomic E-state index is 12.8. The van der Waals surface area contributed by atoms with E-state index in [4.69, 9.17) is 9.47 Å². The van der Waals surface area contributed by atoms with E-state index in [0.29, 0.717) is 0 Å². The molecule has 0 aliphatic heterocycles. The third kappa shape index (κ3) is 3.87. The highest BCUT2D eigenvalue weighted by molar-refractivity contribution is 7.86. The Hall–Kier alpha value is -2.87. The number of carbonyl (C=O) groups is 1. The first-order chi connectivity index (χ1) is 12.8. The lowest BCUT2D eigenvalue weighted by Crippen LogP contribution is -2.12. The molecular formula is C15H14O11S2. The van der Waals surface area contributed by atoms with E-state index in [9.17, 15) is 40.9 Å². The van der Waals surface area contributed by atoms with Crippen LogP contribution in [-0.4, -0.2) is 56.2 Å². The van der Waals surface area contributed by atoms with Gasteiger partial charge in [-0.25, -0.2) is 0 Å². The van der Waals surface area contributed by atoms with Crippen molar-refractivity contribution in [1.29, 1.82) is 0 Å². The van der Waals surface area contributed by atoms with Gasteiger partial charge in [-0.2, -0.15) is 16.8 Å². The summed E-state index contributed by atoms with van der Waals surface area (Å²) in [6, 6.07) is 3.41. The van der Waals surface area contributed by atoms with Crippen molar-refractivity contribution in [3.05, 3.63) is 35.4 Å². The highest BCUT2D eigenvalue weighted by atomic mass is 32.2. The molecule has 2 rings (SSSR count). The van der Waals surface area contributed by atoms with Crippen molar-refractivity contribution in [2.24, 2.45) is 0 Å².